The van der Waals surface area contributed by atoms with Gasteiger partial charge < -0.3 is 16.2 Å². The summed E-state index contributed by atoms with van der Waals surface area (Å²) in [5.41, 5.74) is 0.470. The van der Waals surface area contributed by atoms with Gasteiger partial charge in [-0.05, 0) is 40.2 Å². The van der Waals surface area contributed by atoms with Crippen LogP contribution in [0.4, 0.5) is 17.6 Å². The Morgan fingerprint density at radius 2 is 1.96 bits per heavy atom. The molecule has 4 nitrogen and oxygen atoms in total. The largest absolute Gasteiger partial charge is 0.402 e. The fourth-order valence-electron chi connectivity index (χ4n) is 2.44. The summed E-state index contributed by atoms with van der Waals surface area (Å²) in [4.78, 5) is 3.58. The Bertz CT molecular complexity index is 842. The van der Waals surface area contributed by atoms with Gasteiger partial charge in [0.1, 0.15) is 17.3 Å². The lowest BCUT2D eigenvalue weighted by atomic mass is 9.81. The van der Waals surface area contributed by atoms with E-state index in [-0.39, 0.29) is 5.70 Å². The number of alkyl halides is 2. The first-order chi connectivity index (χ1) is 12.1. The second kappa shape index (κ2) is 7.55. The highest BCUT2D eigenvalue weighted by atomic mass is 79.9. The van der Waals surface area contributed by atoms with Crippen molar-refractivity contribution in [3.8, 4) is 0 Å². The molecule has 2 rings (SSSR count). The average Bonchev–Trinajstić information content (AvgIpc) is 2.55. The van der Waals surface area contributed by atoms with Crippen LogP contribution in [0.15, 0.2) is 52.8 Å². The molecule has 9 heteroatoms. The lowest BCUT2D eigenvalue weighted by Gasteiger charge is -2.36. The molecule has 0 aliphatic rings. The monoisotopic (exact) mass is 431 g/mol. The molecule has 2 aromatic rings. The minimum Gasteiger partial charge on any atom is -0.402 e. The van der Waals surface area contributed by atoms with E-state index >= 15 is 8.78 Å². The number of nitrogens with zero attached hydrogens (tertiary/aromatic N) is 1. The molecule has 1 heterocycles. The van der Waals surface area contributed by atoms with E-state index in [4.69, 9.17) is 11.1 Å². The molecular formula is C17H14BrF4N3O. The number of nitrogens with one attached hydrogen (secondary N) is 1. The van der Waals surface area contributed by atoms with E-state index < -0.39 is 40.8 Å². The molecule has 0 aliphatic heterocycles. The Hall–Kier alpha value is -2.26. The third-order valence-corrected chi connectivity index (χ3v) is 4.17. The van der Waals surface area contributed by atoms with Gasteiger partial charge in [-0.15, -0.1) is 0 Å². The third kappa shape index (κ3) is 3.78. The number of halogens is 5. The number of benzene rings is 1. The van der Waals surface area contributed by atoms with Gasteiger partial charge in [0.25, 0.3) is 0 Å². The van der Waals surface area contributed by atoms with Crippen molar-refractivity contribution in [3.63, 3.8) is 0 Å². The fraction of sp³-hybridized carbons (Fsp3) is 0.176. The zero-order valence-corrected chi connectivity index (χ0v) is 14.8. The van der Waals surface area contributed by atoms with Crippen LogP contribution < -0.4 is 5.73 Å². The van der Waals surface area contributed by atoms with Crippen LogP contribution in [0.1, 0.15) is 17.7 Å². The van der Waals surface area contributed by atoms with Crippen LogP contribution >= 0.6 is 15.9 Å². The molecule has 0 spiro atoms. The second-order valence-electron chi connectivity index (χ2n) is 5.51. The predicted octanol–water partition coefficient (Wildman–Crippen LogP) is 3.98. The molecule has 1 atom stereocenters. The molecule has 0 bridgehead atoms. The van der Waals surface area contributed by atoms with Crippen LogP contribution in [0, 0.1) is 17.0 Å². The molecule has 26 heavy (non-hydrogen) atoms. The van der Waals surface area contributed by atoms with Crippen molar-refractivity contribution in [3.05, 3.63) is 75.7 Å². The highest BCUT2D eigenvalue weighted by molar-refractivity contribution is 9.10. The van der Waals surface area contributed by atoms with Gasteiger partial charge in [-0.1, -0.05) is 6.07 Å². The van der Waals surface area contributed by atoms with Crippen LogP contribution in [0.2, 0.25) is 0 Å². The summed E-state index contributed by atoms with van der Waals surface area (Å²) >= 11 is 3.06. The summed E-state index contributed by atoms with van der Waals surface area (Å²) in [5, 5.41) is 17.8. The molecule has 1 aromatic carbocycles. The number of hydrogen-bond acceptors (Lipinski definition) is 4. The number of pyridine rings is 1. The van der Waals surface area contributed by atoms with Gasteiger partial charge in [-0.25, -0.2) is 8.78 Å². The smallest absolute Gasteiger partial charge is 0.322 e. The molecule has 0 aliphatic carbocycles. The van der Waals surface area contributed by atoms with E-state index in [2.05, 4.69) is 20.9 Å². The first kappa shape index (κ1) is 20.1. The Kier molecular flexibility index (Phi) is 5.82. The van der Waals surface area contributed by atoms with Crippen molar-refractivity contribution in [1.29, 1.82) is 5.41 Å². The van der Waals surface area contributed by atoms with Gasteiger partial charge in [-0.2, -0.15) is 8.78 Å². The molecule has 0 saturated carbocycles. The van der Waals surface area contributed by atoms with Gasteiger partial charge in [-0.3, -0.25) is 4.98 Å². The van der Waals surface area contributed by atoms with Crippen molar-refractivity contribution < 1.29 is 22.7 Å². The van der Waals surface area contributed by atoms with Crippen molar-refractivity contribution in [2.24, 2.45) is 5.73 Å². The van der Waals surface area contributed by atoms with Crippen LogP contribution in [0.3, 0.4) is 0 Å². The van der Waals surface area contributed by atoms with Gasteiger partial charge >= 0.3 is 5.92 Å². The van der Waals surface area contributed by atoms with Crippen LogP contribution in [0.25, 0.3) is 0 Å². The standard InChI is InChI=1S/C17H14BrF4N3O/c18-10-1-4-15(25-9-10)17(21,22)16(26,8-12(24)5-6-23)13-3-2-11(19)7-14(13)20/h1-7,9,23,26H,8,24H2. The predicted molar refractivity (Wildman–Crippen MR) is 91.8 cm³/mol. The molecule has 138 valence electrons. The third-order valence-electron chi connectivity index (χ3n) is 3.70. The quantitative estimate of drug-likeness (QED) is 0.477. The van der Waals surface area contributed by atoms with E-state index in [0.29, 0.717) is 10.5 Å². The molecule has 0 fully saturated rings. The summed E-state index contributed by atoms with van der Waals surface area (Å²) in [6.45, 7) is 0. The maximum atomic E-state index is 15.2. The molecule has 1 unspecified atom stereocenters. The van der Waals surface area contributed by atoms with Crippen LogP contribution in [0.5, 0.6) is 0 Å². The fourth-order valence-corrected chi connectivity index (χ4v) is 2.67. The van der Waals surface area contributed by atoms with Crippen molar-refractivity contribution in [1.82, 2.24) is 4.98 Å². The van der Waals surface area contributed by atoms with Crippen LogP contribution in [-0.2, 0) is 11.5 Å². The number of nitrogens with two attached hydrogens (primary N) is 1. The van der Waals surface area contributed by atoms with Gasteiger partial charge in [0.2, 0.25) is 0 Å². The zero-order chi connectivity index (χ0) is 19.5. The second-order valence-corrected chi connectivity index (χ2v) is 6.42. The summed E-state index contributed by atoms with van der Waals surface area (Å²) in [6, 6.07) is 4.13. The summed E-state index contributed by atoms with van der Waals surface area (Å²) in [6.07, 6.45) is 1.92. The highest BCUT2D eigenvalue weighted by Gasteiger charge is 2.57. The maximum absolute atomic E-state index is 15.2. The van der Waals surface area contributed by atoms with Crippen molar-refractivity contribution in [2.75, 3.05) is 0 Å². The lowest BCUT2D eigenvalue weighted by molar-refractivity contribution is -0.198. The van der Waals surface area contributed by atoms with E-state index in [0.717, 1.165) is 36.7 Å². The minimum absolute atomic E-state index is 0.289. The topological polar surface area (TPSA) is 83.0 Å². The van der Waals surface area contributed by atoms with E-state index in [9.17, 15) is 13.9 Å². The van der Waals surface area contributed by atoms with Crippen LogP contribution in [-0.4, -0.2) is 16.3 Å². The van der Waals surface area contributed by atoms with E-state index in [1.54, 1.807) is 0 Å². The molecule has 0 radical (unpaired) electrons. The Morgan fingerprint density at radius 3 is 2.50 bits per heavy atom. The number of aliphatic hydroxyl groups is 1. The average molecular weight is 432 g/mol. The lowest BCUT2D eigenvalue weighted by Crippen LogP contribution is -2.45. The molecular weight excluding hydrogens is 418 g/mol. The minimum atomic E-state index is -4.08. The first-order valence-electron chi connectivity index (χ1n) is 7.24. The molecule has 1 aromatic heterocycles. The maximum Gasteiger partial charge on any atom is 0.322 e. The normalized spacial score (nSPS) is 14.8. The summed E-state index contributed by atoms with van der Waals surface area (Å²) in [7, 11) is 0. The Morgan fingerprint density at radius 1 is 1.27 bits per heavy atom. The van der Waals surface area contributed by atoms with Gasteiger partial charge in [0.05, 0.1) is 0 Å². The number of aromatic nitrogens is 1. The number of allylic oxidation sites excluding steroid dienone is 1. The Labute approximate surface area is 155 Å². The number of rotatable bonds is 6. The van der Waals surface area contributed by atoms with Gasteiger partial charge in [0.15, 0.2) is 5.60 Å². The van der Waals surface area contributed by atoms with Gasteiger partial charge in [0, 0.05) is 40.6 Å². The molecule has 4 N–H and O–H groups in total. The van der Waals surface area contributed by atoms with E-state index in [1.165, 1.54) is 6.07 Å². The first-order valence-corrected chi connectivity index (χ1v) is 8.04. The molecule has 0 amide bonds. The summed E-state index contributed by atoms with van der Waals surface area (Å²) in [5.74, 6) is -6.42. The van der Waals surface area contributed by atoms with E-state index in [1.807, 2.05) is 0 Å². The SMILES string of the molecule is N=CC=C(N)CC(O)(c1ccc(F)cc1F)C(F)(F)c1ccc(Br)cn1. The zero-order valence-electron chi connectivity index (χ0n) is 13.2. The molecule has 0 saturated heterocycles. The van der Waals surface area contributed by atoms with Crippen molar-refractivity contribution >= 4 is 22.1 Å². The summed E-state index contributed by atoms with van der Waals surface area (Å²) < 4.78 is 58.2. The number of hydrogen-bond donors (Lipinski definition) is 3. The Balaban J connectivity index is 2.68. The van der Waals surface area contributed by atoms with Crippen molar-refractivity contribution in [2.45, 2.75) is 17.9 Å². The highest BCUT2D eigenvalue weighted by Crippen LogP contribution is 2.48.